The van der Waals surface area contributed by atoms with Crippen molar-refractivity contribution in [2.24, 2.45) is 5.92 Å². The van der Waals surface area contributed by atoms with Crippen LogP contribution in [-0.2, 0) is 16.1 Å². The summed E-state index contributed by atoms with van der Waals surface area (Å²) < 4.78 is 18.0. The van der Waals surface area contributed by atoms with Crippen LogP contribution < -0.4 is 30.2 Å². The van der Waals surface area contributed by atoms with Crippen LogP contribution in [0.3, 0.4) is 0 Å². The van der Waals surface area contributed by atoms with E-state index in [2.05, 4.69) is 16.0 Å². The van der Waals surface area contributed by atoms with E-state index in [-0.39, 0.29) is 44.0 Å². The third kappa shape index (κ3) is 7.47. The number of hydrogen-bond acceptors (Lipinski definition) is 7. The third-order valence-corrected chi connectivity index (χ3v) is 7.77. The summed E-state index contributed by atoms with van der Waals surface area (Å²) in [5.74, 6) is 0.521. The van der Waals surface area contributed by atoms with E-state index in [1.165, 1.54) is 0 Å². The highest BCUT2D eigenvalue weighted by Gasteiger charge is 2.38. The monoisotopic (exact) mass is 598 g/mol. The average molecular weight is 599 g/mol. The van der Waals surface area contributed by atoms with Gasteiger partial charge in [-0.05, 0) is 60.7 Å². The minimum absolute atomic E-state index is 0.189. The quantitative estimate of drug-likeness (QED) is 0.396. The van der Waals surface area contributed by atoms with Gasteiger partial charge >= 0.3 is 0 Å². The lowest BCUT2D eigenvalue weighted by atomic mass is 10.1. The highest BCUT2D eigenvalue weighted by molar-refractivity contribution is 5.97. The van der Waals surface area contributed by atoms with Gasteiger partial charge in [-0.1, -0.05) is 30.3 Å². The lowest BCUT2D eigenvalue weighted by molar-refractivity contribution is -0.129. The zero-order chi connectivity index (χ0) is 30.5. The number of carbonyl (C=O) groups is 4. The van der Waals surface area contributed by atoms with Gasteiger partial charge in [0.05, 0.1) is 25.7 Å². The van der Waals surface area contributed by atoms with Crippen LogP contribution in [0.1, 0.15) is 39.1 Å². The maximum absolute atomic E-state index is 13.6. The number of likely N-dealkylation sites (tertiary alicyclic amines) is 1. The van der Waals surface area contributed by atoms with Crippen molar-refractivity contribution in [3.63, 3.8) is 0 Å². The Morgan fingerprint density at radius 2 is 1.75 bits per heavy atom. The molecule has 3 aromatic rings. The predicted octanol–water partition coefficient (Wildman–Crippen LogP) is 2.30. The fourth-order valence-electron chi connectivity index (χ4n) is 5.08. The van der Waals surface area contributed by atoms with E-state index in [1.54, 1.807) is 59.5 Å². The van der Waals surface area contributed by atoms with Crippen LogP contribution in [0.15, 0.2) is 72.8 Å². The molecule has 7 rings (SSSR count). The normalized spacial score (nSPS) is 19.9. The Labute approximate surface area is 254 Å². The van der Waals surface area contributed by atoms with Gasteiger partial charge < -0.3 is 35.1 Å². The SMILES string of the molecule is O=C1COc2cc(OCC3CC3)cc(c2)C(=O)N[C@H]2CN(C(=O)CNC(=O)c3ccccc3)C[C@@H]2Oc2ccc(cc2)CN1. The van der Waals surface area contributed by atoms with Gasteiger partial charge in [-0.25, -0.2) is 0 Å². The molecule has 1 aliphatic carbocycles. The van der Waals surface area contributed by atoms with Gasteiger partial charge in [0.2, 0.25) is 5.91 Å². The summed E-state index contributed by atoms with van der Waals surface area (Å²) >= 11 is 0. The molecular weight excluding hydrogens is 564 g/mol. The molecule has 1 saturated heterocycles. The summed E-state index contributed by atoms with van der Waals surface area (Å²) in [7, 11) is 0. The molecule has 4 amide bonds. The van der Waals surface area contributed by atoms with Crippen molar-refractivity contribution in [2.45, 2.75) is 31.5 Å². The molecule has 3 N–H and O–H groups in total. The molecule has 0 spiro atoms. The molecule has 1 saturated carbocycles. The molecule has 228 valence electrons. The van der Waals surface area contributed by atoms with Crippen LogP contribution in [0.4, 0.5) is 0 Å². The first kappa shape index (κ1) is 29.0. The first-order valence-corrected chi connectivity index (χ1v) is 14.7. The van der Waals surface area contributed by atoms with Crippen molar-refractivity contribution in [3.8, 4) is 17.2 Å². The van der Waals surface area contributed by atoms with Crippen LogP contribution in [0, 0.1) is 5.92 Å². The molecule has 3 aromatic carbocycles. The van der Waals surface area contributed by atoms with Crippen LogP contribution in [0.2, 0.25) is 0 Å². The molecule has 0 radical (unpaired) electrons. The van der Waals surface area contributed by atoms with Crippen molar-refractivity contribution in [3.05, 3.63) is 89.5 Å². The number of hydrogen-bond donors (Lipinski definition) is 3. The minimum atomic E-state index is -0.556. The van der Waals surface area contributed by atoms with Crippen molar-refractivity contribution in [1.29, 1.82) is 0 Å². The number of benzene rings is 3. The summed E-state index contributed by atoms with van der Waals surface area (Å²) in [6.07, 6.45) is 1.67. The molecule has 3 heterocycles. The molecule has 2 atom stereocenters. The third-order valence-electron chi connectivity index (χ3n) is 7.77. The molecule has 44 heavy (non-hydrogen) atoms. The maximum atomic E-state index is 13.6. The summed E-state index contributed by atoms with van der Waals surface area (Å²) in [4.78, 5) is 53.3. The molecule has 11 heteroatoms. The number of fused-ring (bicyclic) bond motifs is 7. The lowest BCUT2D eigenvalue weighted by Crippen LogP contribution is -2.45. The highest BCUT2D eigenvalue weighted by Crippen LogP contribution is 2.31. The van der Waals surface area contributed by atoms with Gasteiger partial charge in [0.1, 0.15) is 23.4 Å². The number of carbonyl (C=O) groups excluding carboxylic acids is 4. The van der Waals surface area contributed by atoms with E-state index < -0.39 is 18.1 Å². The molecule has 4 aliphatic rings. The fourth-order valence-corrected chi connectivity index (χ4v) is 5.08. The summed E-state index contributed by atoms with van der Waals surface area (Å²) in [6.45, 7) is 0.829. The second kappa shape index (κ2) is 13.1. The van der Waals surface area contributed by atoms with Gasteiger partial charge in [-0.15, -0.1) is 0 Å². The molecule has 0 aromatic heterocycles. The molecule has 2 fully saturated rings. The second-order valence-electron chi connectivity index (χ2n) is 11.2. The second-order valence-corrected chi connectivity index (χ2v) is 11.2. The average Bonchev–Trinajstić information content (AvgIpc) is 3.80. The Balaban J connectivity index is 1.21. The first-order valence-electron chi connectivity index (χ1n) is 14.7. The Morgan fingerprint density at radius 3 is 2.52 bits per heavy atom. The highest BCUT2D eigenvalue weighted by atomic mass is 16.5. The van der Waals surface area contributed by atoms with Gasteiger partial charge in [-0.3, -0.25) is 19.2 Å². The van der Waals surface area contributed by atoms with Crippen LogP contribution in [0.5, 0.6) is 17.2 Å². The summed E-state index contributed by atoms with van der Waals surface area (Å²) in [5.41, 5.74) is 1.62. The van der Waals surface area contributed by atoms with Crippen molar-refractivity contribution in [1.82, 2.24) is 20.9 Å². The van der Waals surface area contributed by atoms with Crippen LogP contribution in [0.25, 0.3) is 0 Å². The van der Waals surface area contributed by atoms with Crippen molar-refractivity contribution >= 4 is 23.6 Å². The molecule has 3 aliphatic heterocycles. The Bertz CT molecular complexity index is 1520. The van der Waals surface area contributed by atoms with Crippen molar-refractivity contribution in [2.75, 3.05) is 32.8 Å². The smallest absolute Gasteiger partial charge is 0.258 e. The van der Waals surface area contributed by atoms with E-state index in [0.717, 1.165) is 18.4 Å². The number of nitrogens with one attached hydrogen (secondary N) is 3. The standard InChI is InChI=1S/C33H34N4O7/c38-30-20-43-27-13-24(12-26(14-27)42-19-22-6-7-22)33(41)36-28-17-37(31(39)16-35-32(40)23-4-2-1-3-5-23)18-29(28)44-25-10-8-21(9-11-25)15-34-30/h1-5,8-14,22,28-29H,6-7,15-20H2,(H,34,38)(H,35,40)(H,36,41)/t28-,29-/m0/s1. The number of nitrogens with zero attached hydrogens (tertiary/aromatic N) is 1. The van der Waals surface area contributed by atoms with Crippen molar-refractivity contribution < 1.29 is 33.4 Å². The molecule has 11 nitrogen and oxygen atoms in total. The molecule has 4 bridgehead atoms. The van der Waals surface area contributed by atoms with E-state index >= 15 is 0 Å². The van der Waals surface area contributed by atoms with E-state index in [1.807, 2.05) is 18.2 Å². The predicted molar refractivity (Wildman–Crippen MR) is 159 cm³/mol. The van der Waals surface area contributed by atoms with Gasteiger partial charge in [0, 0.05) is 30.3 Å². The lowest BCUT2D eigenvalue weighted by Gasteiger charge is -2.21. The largest absolute Gasteiger partial charge is 0.493 e. The Morgan fingerprint density at radius 1 is 0.955 bits per heavy atom. The number of ether oxygens (including phenoxy) is 3. The van der Waals surface area contributed by atoms with Gasteiger partial charge in [-0.2, -0.15) is 0 Å². The topological polar surface area (TPSA) is 135 Å². The summed E-state index contributed by atoms with van der Waals surface area (Å²) in [6, 6.07) is 20.3. The zero-order valence-corrected chi connectivity index (χ0v) is 24.1. The number of rotatable bonds is 6. The number of amides is 4. The zero-order valence-electron chi connectivity index (χ0n) is 24.1. The minimum Gasteiger partial charge on any atom is -0.493 e. The summed E-state index contributed by atoms with van der Waals surface area (Å²) in [5, 5.41) is 8.53. The molecule has 0 unspecified atom stereocenters. The Hall–Kier alpha value is -5.06. The molecular formula is C33H34N4O7. The van der Waals surface area contributed by atoms with E-state index in [9.17, 15) is 19.2 Å². The fraction of sp³-hybridized carbons (Fsp3) is 0.333. The van der Waals surface area contributed by atoms with E-state index in [0.29, 0.717) is 47.4 Å². The van der Waals surface area contributed by atoms with Crippen LogP contribution in [-0.4, -0.2) is 73.5 Å². The first-order chi connectivity index (χ1) is 21.4. The maximum Gasteiger partial charge on any atom is 0.258 e. The van der Waals surface area contributed by atoms with Gasteiger partial charge in [0.15, 0.2) is 6.61 Å². The van der Waals surface area contributed by atoms with Crippen LogP contribution >= 0.6 is 0 Å². The van der Waals surface area contributed by atoms with Gasteiger partial charge in [0.25, 0.3) is 17.7 Å². The van der Waals surface area contributed by atoms with E-state index in [4.69, 9.17) is 14.2 Å². The Kier molecular flexibility index (Phi) is 8.62.